The monoisotopic (exact) mass is 176 g/mol. The van der Waals surface area contributed by atoms with Crippen molar-refractivity contribution in [2.75, 3.05) is 0 Å². The fraction of sp³-hybridized carbons (Fsp3) is 0.500. The van der Waals surface area contributed by atoms with E-state index in [0.29, 0.717) is 11.8 Å². The first kappa shape index (κ1) is 8.76. The van der Waals surface area contributed by atoms with E-state index < -0.39 is 0 Å². The normalized spacial score (nSPS) is 26.5. The highest BCUT2D eigenvalue weighted by molar-refractivity contribution is 5.37. The smallest absolute Gasteiger partial charge is 0.0651 e. The van der Waals surface area contributed by atoms with Gasteiger partial charge in [0.25, 0.3) is 0 Å². The first-order valence-electron chi connectivity index (χ1n) is 4.96. The lowest BCUT2D eigenvalue weighted by atomic mass is 9.89. The molecule has 0 saturated heterocycles. The summed E-state index contributed by atoms with van der Waals surface area (Å²) in [6.07, 6.45) is 0.663. The Balaban J connectivity index is 2.40. The van der Waals surface area contributed by atoms with Crippen LogP contribution in [-0.2, 0) is 6.42 Å². The third kappa shape index (κ3) is 1.37. The summed E-state index contributed by atoms with van der Waals surface area (Å²) in [7, 11) is 0. The van der Waals surface area contributed by atoms with Crippen molar-refractivity contribution in [2.45, 2.75) is 32.3 Å². The zero-order chi connectivity index (χ0) is 9.42. The summed E-state index contributed by atoms with van der Waals surface area (Å²) in [5, 5.41) is 9.88. The van der Waals surface area contributed by atoms with Gasteiger partial charge in [-0.2, -0.15) is 0 Å². The molecule has 1 nitrogen and oxygen atoms in total. The summed E-state index contributed by atoms with van der Waals surface area (Å²) >= 11 is 0. The maximum absolute atomic E-state index is 9.88. The van der Waals surface area contributed by atoms with Gasteiger partial charge in [0.15, 0.2) is 0 Å². The van der Waals surface area contributed by atoms with Crippen LogP contribution >= 0.6 is 0 Å². The molecule has 0 amide bonds. The van der Waals surface area contributed by atoms with Crippen LogP contribution in [0.4, 0.5) is 0 Å². The Morgan fingerprint density at radius 2 is 2.00 bits per heavy atom. The number of fused-ring (bicyclic) bond motifs is 1. The second kappa shape index (κ2) is 3.15. The Kier molecular flexibility index (Phi) is 2.12. The van der Waals surface area contributed by atoms with Gasteiger partial charge in [-0.1, -0.05) is 38.1 Å². The number of benzene rings is 1. The SMILES string of the molecule is CC(C)[C@@H]1c2ccccc2C[C@@H]1O. The van der Waals surface area contributed by atoms with E-state index in [9.17, 15) is 5.11 Å². The first-order chi connectivity index (χ1) is 6.20. The zero-order valence-electron chi connectivity index (χ0n) is 8.20. The standard InChI is InChI=1S/C12H16O/c1-8(2)12-10-6-4-3-5-9(10)7-11(12)13/h3-6,8,11-13H,7H2,1-2H3/t11-,12+/m0/s1. The molecule has 1 aliphatic carbocycles. The molecule has 0 aliphatic heterocycles. The molecule has 0 spiro atoms. The van der Waals surface area contributed by atoms with Crippen LogP contribution in [0.3, 0.4) is 0 Å². The minimum atomic E-state index is -0.169. The van der Waals surface area contributed by atoms with Crippen molar-refractivity contribution in [3.05, 3.63) is 35.4 Å². The number of aliphatic hydroxyl groups is 1. The molecule has 0 aromatic heterocycles. The van der Waals surface area contributed by atoms with Crippen molar-refractivity contribution in [2.24, 2.45) is 5.92 Å². The van der Waals surface area contributed by atoms with Gasteiger partial charge in [0, 0.05) is 5.92 Å². The molecule has 1 aliphatic rings. The van der Waals surface area contributed by atoms with E-state index in [1.165, 1.54) is 11.1 Å². The maximum atomic E-state index is 9.88. The molecule has 1 aromatic carbocycles. The van der Waals surface area contributed by atoms with Gasteiger partial charge in [-0.3, -0.25) is 0 Å². The van der Waals surface area contributed by atoms with Crippen molar-refractivity contribution in [1.29, 1.82) is 0 Å². The molecule has 2 atom stereocenters. The quantitative estimate of drug-likeness (QED) is 0.696. The topological polar surface area (TPSA) is 20.2 Å². The van der Waals surface area contributed by atoms with Crippen molar-refractivity contribution in [3.8, 4) is 0 Å². The van der Waals surface area contributed by atoms with Crippen molar-refractivity contribution < 1.29 is 5.11 Å². The molecular formula is C12H16O. The second-order valence-electron chi connectivity index (χ2n) is 4.24. The molecular weight excluding hydrogens is 160 g/mol. The Morgan fingerprint density at radius 3 is 2.69 bits per heavy atom. The number of aliphatic hydroxyl groups excluding tert-OH is 1. The highest BCUT2D eigenvalue weighted by Crippen LogP contribution is 2.37. The van der Waals surface area contributed by atoms with Crippen molar-refractivity contribution >= 4 is 0 Å². The Labute approximate surface area is 79.4 Å². The van der Waals surface area contributed by atoms with E-state index in [-0.39, 0.29) is 6.10 Å². The summed E-state index contributed by atoms with van der Waals surface area (Å²) in [6.45, 7) is 4.35. The molecule has 0 unspecified atom stereocenters. The van der Waals surface area contributed by atoms with Crippen LogP contribution in [0.2, 0.25) is 0 Å². The van der Waals surface area contributed by atoms with E-state index >= 15 is 0 Å². The minimum absolute atomic E-state index is 0.169. The third-order valence-electron chi connectivity index (χ3n) is 2.98. The Morgan fingerprint density at radius 1 is 1.31 bits per heavy atom. The Bertz CT molecular complexity index is 304. The van der Waals surface area contributed by atoms with Gasteiger partial charge >= 0.3 is 0 Å². The molecule has 1 heteroatoms. The number of rotatable bonds is 1. The van der Waals surface area contributed by atoms with Crippen molar-refractivity contribution in [1.82, 2.24) is 0 Å². The fourth-order valence-corrected chi connectivity index (χ4v) is 2.41. The lowest BCUT2D eigenvalue weighted by Crippen LogP contribution is -2.18. The van der Waals surface area contributed by atoms with E-state index in [1.807, 2.05) is 6.07 Å². The number of hydrogen-bond acceptors (Lipinski definition) is 1. The van der Waals surface area contributed by atoms with Crippen LogP contribution in [0.5, 0.6) is 0 Å². The van der Waals surface area contributed by atoms with Crippen LogP contribution in [-0.4, -0.2) is 11.2 Å². The summed E-state index contributed by atoms with van der Waals surface area (Å²) in [5.74, 6) is 0.870. The molecule has 0 heterocycles. The minimum Gasteiger partial charge on any atom is -0.392 e. The zero-order valence-corrected chi connectivity index (χ0v) is 8.20. The van der Waals surface area contributed by atoms with Gasteiger partial charge in [-0.25, -0.2) is 0 Å². The molecule has 13 heavy (non-hydrogen) atoms. The first-order valence-corrected chi connectivity index (χ1v) is 4.96. The summed E-state index contributed by atoms with van der Waals surface area (Å²) in [6, 6.07) is 8.39. The summed E-state index contributed by atoms with van der Waals surface area (Å²) in [4.78, 5) is 0. The molecule has 0 radical (unpaired) electrons. The van der Waals surface area contributed by atoms with Gasteiger partial charge in [0.1, 0.15) is 0 Å². The molecule has 1 N–H and O–H groups in total. The van der Waals surface area contributed by atoms with E-state index in [2.05, 4.69) is 32.0 Å². The van der Waals surface area contributed by atoms with Gasteiger partial charge in [-0.15, -0.1) is 0 Å². The highest BCUT2D eigenvalue weighted by atomic mass is 16.3. The van der Waals surface area contributed by atoms with Crippen LogP contribution in [0, 0.1) is 5.92 Å². The fourth-order valence-electron chi connectivity index (χ4n) is 2.41. The highest BCUT2D eigenvalue weighted by Gasteiger charge is 2.32. The van der Waals surface area contributed by atoms with Crippen LogP contribution in [0.1, 0.15) is 30.9 Å². The van der Waals surface area contributed by atoms with Gasteiger partial charge in [-0.05, 0) is 23.5 Å². The van der Waals surface area contributed by atoms with Crippen LogP contribution in [0.25, 0.3) is 0 Å². The Hall–Kier alpha value is -0.820. The molecule has 2 rings (SSSR count). The predicted octanol–water partition coefficient (Wildman–Crippen LogP) is 2.34. The predicted molar refractivity (Wildman–Crippen MR) is 53.7 cm³/mol. The molecule has 1 aromatic rings. The van der Waals surface area contributed by atoms with Crippen LogP contribution < -0.4 is 0 Å². The summed E-state index contributed by atoms with van der Waals surface area (Å²) < 4.78 is 0. The molecule has 0 bridgehead atoms. The average molecular weight is 176 g/mol. The number of hydrogen-bond donors (Lipinski definition) is 1. The lowest BCUT2D eigenvalue weighted by molar-refractivity contribution is 0.136. The molecule has 0 fully saturated rings. The van der Waals surface area contributed by atoms with Gasteiger partial charge < -0.3 is 5.11 Å². The average Bonchev–Trinajstić information content (AvgIpc) is 2.39. The largest absolute Gasteiger partial charge is 0.392 e. The lowest BCUT2D eigenvalue weighted by Gasteiger charge is -2.19. The molecule has 70 valence electrons. The van der Waals surface area contributed by atoms with E-state index in [4.69, 9.17) is 0 Å². The van der Waals surface area contributed by atoms with Gasteiger partial charge in [0.2, 0.25) is 0 Å². The second-order valence-corrected chi connectivity index (χ2v) is 4.24. The third-order valence-corrected chi connectivity index (χ3v) is 2.98. The van der Waals surface area contributed by atoms with Crippen molar-refractivity contribution in [3.63, 3.8) is 0 Å². The van der Waals surface area contributed by atoms with Crippen LogP contribution in [0.15, 0.2) is 24.3 Å². The van der Waals surface area contributed by atoms with E-state index in [1.54, 1.807) is 0 Å². The molecule has 0 saturated carbocycles. The van der Waals surface area contributed by atoms with Gasteiger partial charge in [0.05, 0.1) is 6.10 Å². The maximum Gasteiger partial charge on any atom is 0.0651 e. The summed E-state index contributed by atoms with van der Waals surface area (Å²) in [5.41, 5.74) is 2.68. The van der Waals surface area contributed by atoms with E-state index in [0.717, 1.165) is 6.42 Å².